The maximum Gasteiger partial charge on any atom is 0.0991 e. The number of H-pyrrole nitrogens is 1. The molecule has 4 rings (SSSR count). The van der Waals surface area contributed by atoms with Gasteiger partial charge in [0.15, 0.2) is 0 Å². The molecule has 1 saturated heterocycles. The van der Waals surface area contributed by atoms with Crippen LogP contribution in [0.4, 0.5) is 0 Å². The van der Waals surface area contributed by atoms with E-state index in [1.54, 1.807) is 0 Å². The third-order valence-electron chi connectivity index (χ3n) is 5.47. The van der Waals surface area contributed by atoms with Crippen LogP contribution in [-0.4, -0.2) is 28.2 Å². The summed E-state index contributed by atoms with van der Waals surface area (Å²) in [4.78, 5) is 2.51. The molecule has 1 N–H and O–H groups in total. The largest absolute Gasteiger partial charge is 0.299 e. The number of rotatable bonds is 5. The highest BCUT2D eigenvalue weighted by Crippen LogP contribution is 2.30. The maximum absolute atomic E-state index is 8.92. The summed E-state index contributed by atoms with van der Waals surface area (Å²) >= 11 is 0. The predicted octanol–water partition coefficient (Wildman–Crippen LogP) is 4.25. The Hall–Kier alpha value is -2.90. The quantitative estimate of drug-likeness (QED) is 0.743. The van der Waals surface area contributed by atoms with Crippen molar-refractivity contribution in [2.75, 3.05) is 13.1 Å². The van der Waals surface area contributed by atoms with Gasteiger partial charge in [0.1, 0.15) is 0 Å². The van der Waals surface area contributed by atoms with E-state index < -0.39 is 0 Å². The van der Waals surface area contributed by atoms with Crippen LogP contribution < -0.4 is 0 Å². The number of hydrogen-bond donors (Lipinski definition) is 1. The van der Waals surface area contributed by atoms with Crippen molar-refractivity contribution in [3.8, 4) is 6.07 Å². The Morgan fingerprint density at radius 1 is 1.00 bits per heavy atom. The number of aromatic amines is 1. The second-order valence-electron chi connectivity index (χ2n) is 7.33. The number of nitrogens with zero attached hydrogens (tertiary/aromatic N) is 3. The molecule has 136 valence electrons. The first kappa shape index (κ1) is 17.5. The summed E-state index contributed by atoms with van der Waals surface area (Å²) in [5, 5.41) is 16.5. The van der Waals surface area contributed by atoms with Crippen LogP contribution >= 0.6 is 0 Å². The van der Waals surface area contributed by atoms with E-state index in [4.69, 9.17) is 5.26 Å². The van der Waals surface area contributed by atoms with Crippen LogP contribution in [0.3, 0.4) is 0 Å². The molecule has 4 nitrogen and oxygen atoms in total. The van der Waals surface area contributed by atoms with Gasteiger partial charge in [-0.3, -0.25) is 10.00 Å². The predicted molar refractivity (Wildman–Crippen MR) is 106 cm³/mol. The minimum Gasteiger partial charge on any atom is -0.299 e. The first-order valence-electron chi connectivity index (χ1n) is 9.59. The Kier molecular flexibility index (Phi) is 5.32. The van der Waals surface area contributed by atoms with Crippen molar-refractivity contribution < 1.29 is 0 Å². The molecule has 3 aromatic rings. The standard InChI is InChI=1S/C23H24N4/c24-15-19-6-8-20(9-7-19)17-27-12-10-21(11-13-27)23-22(16-25-26-23)14-18-4-2-1-3-5-18/h1-9,16,21H,10-14,17H2,(H,25,26). The zero-order valence-electron chi connectivity index (χ0n) is 15.4. The lowest BCUT2D eigenvalue weighted by atomic mass is 9.89. The highest BCUT2D eigenvalue weighted by atomic mass is 15.1. The molecule has 0 aliphatic carbocycles. The molecule has 0 atom stereocenters. The van der Waals surface area contributed by atoms with Crippen molar-refractivity contribution >= 4 is 0 Å². The molecule has 0 saturated carbocycles. The number of nitrogens with one attached hydrogen (secondary N) is 1. The van der Waals surface area contributed by atoms with Gasteiger partial charge in [-0.1, -0.05) is 42.5 Å². The van der Waals surface area contributed by atoms with Gasteiger partial charge in [0.05, 0.1) is 17.8 Å². The van der Waals surface area contributed by atoms with Crippen LogP contribution in [0.15, 0.2) is 60.8 Å². The molecular weight excluding hydrogens is 332 g/mol. The van der Waals surface area contributed by atoms with Gasteiger partial charge in [0, 0.05) is 24.6 Å². The lowest BCUT2D eigenvalue weighted by molar-refractivity contribution is 0.203. The minimum atomic E-state index is 0.559. The molecule has 0 bridgehead atoms. The third-order valence-corrected chi connectivity index (χ3v) is 5.47. The maximum atomic E-state index is 8.92. The van der Waals surface area contributed by atoms with Crippen molar-refractivity contribution in [2.24, 2.45) is 0 Å². The van der Waals surface area contributed by atoms with Crippen molar-refractivity contribution in [1.29, 1.82) is 5.26 Å². The fraction of sp³-hybridized carbons (Fsp3) is 0.304. The zero-order valence-corrected chi connectivity index (χ0v) is 15.4. The fourth-order valence-corrected chi connectivity index (χ4v) is 3.95. The van der Waals surface area contributed by atoms with Crippen molar-refractivity contribution in [3.05, 3.63) is 88.7 Å². The molecule has 1 aliphatic rings. The number of hydrogen-bond acceptors (Lipinski definition) is 3. The molecule has 1 fully saturated rings. The fourth-order valence-electron chi connectivity index (χ4n) is 3.95. The van der Waals surface area contributed by atoms with E-state index in [0.717, 1.165) is 44.5 Å². The van der Waals surface area contributed by atoms with E-state index >= 15 is 0 Å². The van der Waals surface area contributed by atoms with Crippen LogP contribution in [0.25, 0.3) is 0 Å². The first-order chi connectivity index (χ1) is 13.3. The number of piperidine rings is 1. The number of benzene rings is 2. The van der Waals surface area contributed by atoms with Gasteiger partial charge >= 0.3 is 0 Å². The zero-order chi connectivity index (χ0) is 18.5. The van der Waals surface area contributed by atoms with Gasteiger partial charge in [-0.15, -0.1) is 0 Å². The summed E-state index contributed by atoms with van der Waals surface area (Å²) in [6, 6.07) is 20.7. The summed E-state index contributed by atoms with van der Waals surface area (Å²) < 4.78 is 0. The molecule has 0 amide bonds. The van der Waals surface area contributed by atoms with E-state index in [9.17, 15) is 0 Å². The molecule has 2 heterocycles. The van der Waals surface area contributed by atoms with Gasteiger partial charge in [-0.05, 0) is 54.8 Å². The Morgan fingerprint density at radius 2 is 1.74 bits per heavy atom. The molecular formula is C23H24N4. The van der Waals surface area contributed by atoms with Crippen LogP contribution in [0, 0.1) is 11.3 Å². The van der Waals surface area contributed by atoms with Crippen LogP contribution in [-0.2, 0) is 13.0 Å². The summed E-state index contributed by atoms with van der Waals surface area (Å²) in [7, 11) is 0. The molecule has 1 aromatic heterocycles. The van der Waals surface area contributed by atoms with Crippen molar-refractivity contribution in [2.45, 2.75) is 31.7 Å². The van der Waals surface area contributed by atoms with Crippen molar-refractivity contribution in [3.63, 3.8) is 0 Å². The van der Waals surface area contributed by atoms with E-state index in [1.807, 2.05) is 18.3 Å². The Morgan fingerprint density at radius 3 is 2.44 bits per heavy atom. The molecule has 0 unspecified atom stereocenters. The van der Waals surface area contributed by atoms with Gasteiger partial charge < -0.3 is 0 Å². The van der Waals surface area contributed by atoms with E-state index in [2.05, 4.69) is 63.6 Å². The molecule has 1 aliphatic heterocycles. The number of aromatic nitrogens is 2. The topological polar surface area (TPSA) is 55.7 Å². The summed E-state index contributed by atoms with van der Waals surface area (Å²) in [5.74, 6) is 0.559. The Balaban J connectivity index is 1.35. The highest BCUT2D eigenvalue weighted by molar-refractivity contribution is 5.32. The smallest absolute Gasteiger partial charge is 0.0991 e. The van der Waals surface area contributed by atoms with Gasteiger partial charge in [-0.25, -0.2) is 0 Å². The van der Waals surface area contributed by atoms with Crippen LogP contribution in [0.2, 0.25) is 0 Å². The average Bonchev–Trinajstić information content (AvgIpc) is 3.18. The minimum absolute atomic E-state index is 0.559. The van der Waals surface area contributed by atoms with Gasteiger partial charge in [-0.2, -0.15) is 10.4 Å². The Bertz CT molecular complexity index is 898. The number of nitriles is 1. The monoisotopic (exact) mass is 356 g/mol. The second kappa shape index (κ2) is 8.20. The van der Waals surface area contributed by atoms with E-state index in [0.29, 0.717) is 5.92 Å². The second-order valence-corrected chi connectivity index (χ2v) is 7.33. The molecule has 2 aromatic carbocycles. The molecule has 0 spiro atoms. The first-order valence-corrected chi connectivity index (χ1v) is 9.59. The summed E-state index contributed by atoms with van der Waals surface area (Å²) in [6.45, 7) is 3.14. The van der Waals surface area contributed by atoms with Gasteiger partial charge in [0.25, 0.3) is 0 Å². The molecule has 0 radical (unpaired) electrons. The van der Waals surface area contributed by atoms with Crippen LogP contribution in [0.5, 0.6) is 0 Å². The Labute approximate surface area is 160 Å². The molecule has 27 heavy (non-hydrogen) atoms. The SMILES string of the molecule is N#Cc1ccc(CN2CCC(c3[nH]ncc3Cc3ccccc3)CC2)cc1. The summed E-state index contributed by atoms with van der Waals surface area (Å²) in [5.41, 5.74) is 5.98. The average molecular weight is 356 g/mol. The molecule has 4 heteroatoms. The number of likely N-dealkylation sites (tertiary alicyclic amines) is 1. The van der Waals surface area contributed by atoms with Crippen molar-refractivity contribution in [1.82, 2.24) is 15.1 Å². The summed E-state index contributed by atoms with van der Waals surface area (Å²) in [6.07, 6.45) is 5.24. The van der Waals surface area contributed by atoms with Gasteiger partial charge in [0.2, 0.25) is 0 Å². The third kappa shape index (κ3) is 4.27. The van der Waals surface area contributed by atoms with E-state index in [1.165, 1.54) is 22.4 Å². The lowest BCUT2D eigenvalue weighted by Gasteiger charge is -2.32. The normalized spacial score (nSPS) is 15.5. The lowest BCUT2D eigenvalue weighted by Crippen LogP contribution is -2.32. The van der Waals surface area contributed by atoms with Crippen LogP contribution in [0.1, 0.15) is 46.7 Å². The highest BCUT2D eigenvalue weighted by Gasteiger charge is 2.24. The van der Waals surface area contributed by atoms with E-state index in [-0.39, 0.29) is 0 Å².